The topological polar surface area (TPSA) is 72.8 Å². The minimum absolute atomic E-state index is 0.0468. The minimum Gasteiger partial charge on any atom is -0.481 e. The van der Waals surface area contributed by atoms with E-state index >= 15 is 0 Å². The molecule has 1 aromatic carbocycles. The first-order chi connectivity index (χ1) is 9.52. The molecule has 5 nitrogen and oxygen atoms in total. The van der Waals surface area contributed by atoms with E-state index in [9.17, 15) is 9.59 Å². The number of carboxylic acids is 1. The number of carboxylic acid groups (broad SMARTS) is 1. The fourth-order valence-electron chi connectivity index (χ4n) is 1.28. The molecule has 6 heteroatoms. The summed E-state index contributed by atoms with van der Waals surface area (Å²) >= 11 is 5.81. The Balaban J connectivity index is 2.80. The van der Waals surface area contributed by atoms with Gasteiger partial charge in [0.2, 0.25) is 0 Å². The van der Waals surface area contributed by atoms with Crippen molar-refractivity contribution in [2.24, 2.45) is 0 Å². The highest BCUT2D eigenvalue weighted by atomic mass is 35.5. The number of hydrogen-bond donors (Lipinski definition) is 1. The Hall–Kier alpha value is -2.19. The monoisotopic (exact) mass is 296 g/mol. The summed E-state index contributed by atoms with van der Waals surface area (Å²) in [5.41, 5.74) is 0.458. The molecule has 0 atom stereocenters. The van der Waals surface area contributed by atoms with Gasteiger partial charge in [-0.15, -0.1) is 0 Å². The second-order valence-electron chi connectivity index (χ2n) is 3.61. The molecule has 0 spiro atoms. The van der Waals surface area contributed by atoms with Gasteiger partial charge in [-0.1, -0.05) is 23.4 Å². The summed E-state index contributed by atoms with van der Waals surface area (Å²) in [6, 6.07) is 4.67. The molecular formula is C14H13ClO5. The predicted octanol–water partition coefficient (Wildman–Crippen LogP) is 2.11. The lowest BCUT2D eigenvalue weighted by Crippen LogP contribution is -2.10. The maximum Gasteiger partial charge on any atom is 0.341 e. The molecule has 1 N–H and O–H groups in total. The summed E-state index contributed by atoms with van der Waals surface area (Å²) in [6.45, 7) is 1.52. The summed E-state index contributed by atoms with van der Waals surface area (Å²) in [5.74, 6) is 4.11. The van der Waals surface area contributed by atoms with Gasteiger partial charge >= 0.3 is 11.9 Å². The third-order valence-corrected chi connectivity index (χ3v) is 2.29. The number of carbonyl (C=O) groups is 2. The molecule has 0 saturated carbocycles. The second kappa shape index (κ2) is 8.08. The van der Waals surface area contributed by atoms with E-state index in [-0.39, 0.29) is 12.2 Å². The Morgan fingerprint density at radius 1 is 1.40 bits per heavy atom. The van der Waals surface area contributed by atoms with E-state index in [0.29, 0.717) is 17.2 Å². The van der Waals surface area contributed by atoms with Crippen molar-refractivity contribution in [1.82, 2.24) is 0 Å². The number of halogens is 1. The van der Waals surface area contributed by atoms with E-state index in [1.807, 2.05) is 0 Å². The molecule has 0 aliphatic rings. The molecule has 0 radical (unpaired) electrons. The largest absolute Gasteiger partial charge is 0.481 e. The van der Waals surface area contributed by atoms with Crippen LogP contribution in [0.15, 0.2) is 18.2 Å². The molecule has 1 rings (SSSR count). The molecule has 20 heavy (non-hydrogen) atoms. The van der Waals surface area contributed by atoms with Crippen LogP contribution in [-0.2, 0) is 14.3 Å². The number of aliphatic carboxylic acids is 1. The van der Waals surface area contributed by atoms with E-state index in [0.717, 1.165) is 0 Å². The van der Waals surface area contributed by atoms with Gasteiger partial charge < -0.3 is 14.6 Å². The van der Waals surface area contributed by atoms with Gasteiger partial charge in [-0.3, -0.25) is 4.79 Å². The molecule has 0 bridgehead atoms. The molecule has 0 heterocycles. The second-order valence-corrected chi connectivity index (χ2v) is 4.04. The van der Waals surface area contributed by atoms with Gasteiger partial charge in [0, 0.05) is 11.1 Å². The third kappa shape index (κ3) is 5.63. The first-order valence-corrected chi connectivity index (χ1v) is 6.19. The van der Waals surface area contributed by atoms with Gasteiger partial charge in [-0.05, 0) is 19.1 Å². The average molecular weight is 297 g/mol. The van der Waals surface area contributed by atoms with Crippen LogP contribution >= 0.6 is 11.6 Å². The Kier molecular flexibility index (Phi) is 6.41. The van der Waals surface area contributed by atoms with Crippen LogP contribution in [0.25, 0.3) is 0 Å². The van der Waals surface area contributed by atoms with Crippen molar-refractivity contribution in [2.75, 3.05) is 13.2 Å². The van der Waals surface area contributed by atoms with E-state index in [2.05, 4.69) is 11.8 Å². The lowest BCUT2D eigenvalue weighted by atomic mass is 10.2. The smallest absolute Gasteiger partial charge is 0.341 e. The van der Waals surface area contributed by atoms with Crippen LogP contribution < -0.4 is 4.74 Å². The van der Waals surface area contributed by atoms with Crippen molar-refractivity contribution in [2.45, 2.75) is 13.3 Å². The summed E-state index contributed by atoms with van der Waals surface area (Å²) in [7, 11) is 0. The zero-order chi connectivity index (χ0) is 15.0. The fourth-order valence-corrected chi connectivity index (χ4v) is 1.44. The van der Waals surface area contributed by atoms with Gasteiger partial charge in [0.25, 0.3) is 0 Å². The molecule has 0 aromatic heterocycles. The number of carbonyl (C=O) groups excluding carboxylic acids is 1. The Morgan fingerprint density at radius 2 is 2.15 bits per heavy atom. The molecule has 0 amide bonds. The van der Waals surface area contributed by atoms with Gasteiger partial charge in [0.15, 0.2) is 6.61 Å². The van der Waals surface area contributed by atoms with Gasteiger partial charge in [0.05, 0.1) is 12.2 Å². The van der Waals surface area contributed by atoms with E-state index < -0.39 is 18.5 Å². The summed E-state index contributed by atoms with van der Waals surface area (Å²) < 4.78 is 9.82. The van der Waals surface area contributed by atoms with Crippen molar-refractivity contribution >= 4 is 23.5 Å². The van der Waals surface area contributed by atoms with Crippen LogP contribution in [0, 0.1) is 11.8 Å². The molecule has 1 aromatic rings. The Labute approximate surface area is 121 Å². The van der Waals surface area contributed by atoms with Crippen molar-refractivity contribution in [3.8, 4) is 17.6 Å². The zero-order valence-corrected chi connectivity index (χ0v) is 11.6. The van der Waals surface area contributed by atoms with Crippen molar-refractivity contribution in [3.05, 3.63) is 28.8 Å². The maximum atomic E-state index is 11.1. The third-order valence-electron chi connectivity index (χ3n) is 2.06. The van der Waals surface area contributed by atoms with Crippen LogP contribution in [-0.4, -0.2) is 30.3 Å². The van der Waals surface area contributed by atoms with Crippen molar-refractivity contribution in [3.63, 3.8) is 0 Å². The van der Waals surface area contributed by atoms with Crippen LogP contribution in [0.3, 0.4) is 0 Å². The molecular weight excluding hydrogens is 284 g/mol. The molecule has 0 saturated heterocycles. The minimum atomic E-state index is -1.10. The van der Waals surface area contributed by atoms with E-state index in [1.54, 1.807) is 19.1 Å². The highest BCUT2D eigenvalue weighted by Gasteiger charge is 2.05. The first kappa shape index (κ1) is 15.9. The number of esters is 1. The summed E-state index contributed by atoms with van der Waals surface area (Å²) in [5, 5.41) is 8.99. The molecule has 0 aliphatic carbocycles. The van der Waals surface area contributed by atoms with Gasteiger partial charge in [0.1, 0.15) is 12.2 Å². The van der Waals surface area contributed by atoms with Gasteiger partial charge in [-0.2, -0.15) is 0 Å². The van der Waals surface area contributed by atoms with E-state index in [1.165, 1.54) is 6.07 Å². The lowest BCUT2D eigenvalue weighted by molar-refractivity contribution is -0.142. The highest BCUT2D eigenvalue weighted by molar-refractivity contribution is 6.30. The quantitative estimate of drug-likeness (QED) is 0.665. The number of rotatable bonds is 5. The molecule has 0 fully saturated rings. The molecule has 0 unspecified atom stereocenters. The standard InChI is InChI=1S/C14H13ClO5/c1-2-19-14(18)5-3-4-10-6-7-11(15)8-12(10)20-9-13(16)17/h6-8H,2,5,9H2,1H3,(H,16,17). The highest BCUT2D eigenvalue weighted by Crippen LogP contribution is 2.22. The number of hydrogen-bond acceptors (Lipinski definition) is 4. The van der Waals surface area contributed by atoms with Crippen LogP contribution in [0.5, 0.6) is 5.75 Å². The number of ether oxygens (including phenoxy) is 2. The van der Waals surface area contributed by atoms with Crippen molar-refractivity contribution < 1.29 is 24.2 Å². The summed E-state index contributed by atoms with van der Waals surface area (Å²) in [6.07, 6.45) is -0.0468. The van der Waals surface area contributed by atoms with Gasteiger partial charge in [-0.25, -0.2) is 4.79 Å². The van der Waals surface area contributed by atoms with Crippen molar-refractivity contribution in [1.29, 1.82) is 0 Å². The molecule has 0 aliphatic heterocycles. The molecule has 106 valence electrons. The Bertz CT molecular complexity index is 556. The maximum absolute atomic E-state index is 11.1. The predicted molar refractivity (Wildman–Crippen MR) is 72.7 cm³/mol. The zero-order valence-electron chi connectivity index (χ0n) is 10.8. The fraction of sp³-hybridized carbons (Fsp3) is 0.286. The summed E-state index contributed by atoms with van der Waals surface area (Å²) in [4.78, 5) is 21.6. The Morgan fingerprint density at radius 3 is 2.80 bits per heavy atom. The first-order valence-electron chi connectivity index (χ1n) is 5.81. The van der Waals surface area contributed by atoms with Crippen LogP contribution in [0.2, 0.25) is 5.02 Å². The lowest BCUT2D eigenvalue weighted by Gasteiger charge is -2.06. The SMILES string of the molecule is CCOC(=O)CC#Cc1ccc(Cl)cc1OCC(=O)O. The van der Waals surface area contributed by atoms with Crippen LogP contribution in [0.4, 0.5) is 0 Å². The average Bonchev–Trinajstić information content (AvgIpc) is 2.38. The number of benzene rings is 1. The normalized spacial score (nSPS) is 9.30. The van der Waals surface area contributed by atoms with Crippen LogP contribution in [0.1, 0.15) is 18.9 Å². The van der Waals surface area contributed by atoms with E-state index in [4.69, 9.17) is 26.2 Å².